The van der Waals surface area contributed by atoms with Gasteiger partial charge in [0.25, 0.3) is 5.91 Å². The Balaban J connectivity index is 3.13. The fourth-order valence-corrected chi connectivity index (χ4v) is 1.89. The van der Waals surface area contributed by atoms with E-state index in [0.717, 1.165) is 0 Å². The highest BCUT2D eigenvalue weighted by atomic mass is 35.5. The molecule has 0 aliphatic carbocycles. The van der Waals surface area contributed by atoms with Crippen LogP contribution in [0.3, 0.4) is 0 Å². The van der Waals surface area contributed by atoms with Crippen molar-refractivity contribution in [3.63, 3.8) is 0 Å². The smallest absolute Gasteiger partial charge is 0.253 e. The molecular weight excluding hydrogens is 250 g/mol. The molecule has 1 aromatic carbocycles. The lowest BCUT2D eigenvalue weighted by molar-refractivity contribution is 0.0802. The largest absolute Gasteiger partial charge is 0.768 e. The van der Waals surface area contributed by atoms with Crippen LogP contribution >= 0.6 is 11.6 Å². The number of nitrogens with zero attached hydrogens (tertiary/aromatic N) is 1. The molecule has 1 atom stereocenters. The number of amides is 1. The van der Waals surface area contributed by atoms with Crippen molar-refractivity contribution in [2.24, 2.45) is 0 Å². The molecule has 0 bridgehead atoms. The highest BCUT2D eigenvalue weighted by Crippen LogP contribution is 2.20. The van der Waals surface area contributed by atoms with Gasteiger partial charge in [-0.05, 0) is 36.2 Å². The molecular formula is C10H11ClNO3S-. The number of benzene rings is 1. The van der Waals surface area contributed by atoms with E-state index in [1.165, 1.54) is 23.1 Å². The maximum Gasteiger partial charge on any atom is 0.253 e. The van der Waals surface area contributed by atoms with Crippen molar-refractivity contribution in [1.29, 1.82) is 0 Å². The fourth-order valence-electron chi connectivity index (χ4n) is 1.13. The number of halogens is 1. The molecule has 0 heterocycles. The van der Waals surface area contributed by atoms with Crippen LogP contribution in [-0.4, -0.2) is 33.2 Å². The average Bonchev–Trinajstić information content (AvgIpc) is 2.27. The summed E-state index contributed by atoms with van der Waals surface area (Å²) in [6.07, 6.45) is 0. The predicted molar refractivity (Wildman–Crippen MR) is 61.3 cm³/mol. The molecule has 0 fully saturated rings. The van der Waals surface area contributed by atoms with Crippen LogP contribution in [0.2, 0.25) is 5.02 Å². The van der Waals surface area contributed by atoms with E-state index in [9.17, 15) is 13.6 Å². The highest BCUT2D eigenvalue weighted by molar-refractivity contribution is 7.79. The van der Waals surface area contributed by atoms with Gasteiger partial charge in [0, 0.05) is 24.1 Å². The summed E-state index contributed by atoms with van der Waals surface area (Å²) in [4.78, 5) is 13.2. The Morgan fingerprint density at radius 1 is 1.56 bits per heavy atom. The molecule has 1 aromatic rings. The second-order valence-electron chi connectivity index (χ2n) is 3.20. The molecule has 0 N–H and O–H groups in total. The van der Waals surface area contributed by atoms with Crippen molar-refractivity contribution in [2.75, 3.05) is 13.6 Å². The van der Waals surface area contributed by atoms with Crippen LogP contribution in [0.1, 0.15) is 17.3 Å². The fraction of sp³-hybridized carbons (Fsp3) is 0.300. The SMILES string of the molecule is CCN(C)C(=O)c1ccc(Cl)c(S(=O)[O-])c1. The second kappa shape index (κ2) is 5.43. The van der Waals surface area contributed by atoms with Gasteiger partial charge in [0.05, 0.1) is 5.02 Å². The van der Waals surface area contributed by atoms with Crippen molar-refractivity contribution in [3.8, 4) is 0 Å². The Bertz CT molecular complexity index is 436. The third-order valence-electron chi connectivity index (χ3n) is 2.18. The van der Waals surface area contributed by atoms with Crippen LogP contribution in [-0.2, 0) is 11.1 Å². The number of carbonyl (C=O) groups excluding carboxylic acids is 1. The molecule has 16 heavy (non-hydrogen) atoms. The summed E-state index contributed by atoms with van der Waals surface area (Å²) in [6, 6.07) is 4.19. The van der Waals surface area contributed by atoms with Crippen molar-refractivity contribution in [1.82, 2.24) is 4.90 Å². The van der Waals surface area contributed by atoms with Gasteiger partial charge in [-0.15, -0.1) is 0 Å². The van der Waals surface area contributed by atoms with Crippen LogP contribution in [0.25, 0.3) is 0 Å². The first-order valence-corrected chi connectivity index (χ1v) is 6.07. The van der Waals surface area contributed by atoms with Crippen LogP contribution < -0.4 is 0 Å². The Morgan fingerprint density at radius 3 is 2.69 bits per heavy atom. The van der Waals surface area contributed by atoms with Crippen molar-refractivity contribution in [2.45, 2.75) is 11.8 Å². The van der Waals surface area contributed by atoms with Crippen LogP contribution in [0.4, 0.5) is 0 Å². The second-order valence-corrected chi connectivity index (χ2v) is 4.52. The number of rotatable bonds is 3. The molecule has 1 unspecified atom stereocenters. The number of hydrogen-bond donors (Lipinski definition) is 0. The maximum absolute atomic E-state index is 11.7. The van der Waals surface area contributed by atoms with Gasteiger partial charge in [0.15, 0.2) is 0 Å². The summed E-state index contributed by atoms with van der Waals surface area (Å²) in [5.41, 5.74) is 0.313. The first kappa shape index (κ1) is 13.2. The monoisotopic (exact) mass is 260 g/mol. The minimum Gasteiger partial charge on any atom is -0.768 e. The zero-order valence-electron chi connectivity index (χ0n) is 8.90. The Hall–Kier alpha value is -0.910. The van der Waals surface area contributed by atoms with Crippen molar-refractivity contribution >= 4 is 28.6 Å². The van der Waals surface area contributed by atoms with Crippen LogP contribution in [0.15, 0.2) is 23.1 Å². The van der Waals surface area contributed by atoms with E-state index in [2.05, 4.69) is 0 Å². The third kappa shape index (κ3) is 2.81. The molecule has 0 aliphatic rings. The Labute approximate surface area is 101 Å². The molecule has 0 aliphatic heterocycles. The maximum atomic E-state index is 11.7. The van der Waals surface area contributed by atoms with Gasteiger partial charge in [-0.1, -0.05) is 11.6 Å². The van der Waals surface area contributed by atoms with E-state index in [4.69, 9.17) is 11.6 Å². The summed E-state index contributed by atoms with van der Waals surface area (Å²) in [5, 5.41) is 0.115. The zero-order chi connectivity index (χ0) is 12.3. The van der Waals surface area contributed by atoms with Gasteiger partial charge >= 0.3 is 0 Å². The molecule has 4 nitrogen and oxygen atoms in total. The highest BCUT2D eigenvalue weighted by Gasteiger charge is 2.12. The molecule has 0 radical (unpaired) electrons. The topological polar surface area (TPSA) is 60.4 Å². The molecule has 88 valence electrons. The molecule has 0 saturated heterocycles. The number of carbonyl (C=O) groups is 1. The zero-order valence-corrected chi connectivity index (χ0v) is 10.5. The number of hydrogen-bond acceptors (Lipinski definition) is 3. The summed E-state index contributed by atoms with van der Waals surface area (Å²) in [7, 11) is 1.64. The standard InChI is InChI=1S/C10H12ClNO3S/c1-3-12(2)10(13)7-4-5-8(11)9(6-7)16(14)15/h4-6H,3H2,1-2H3,(H,14,15)/p-1. The lowest BCUT2D eigenvalue weighted by Crippen LogP contribution is -2.26. The quantitative estimate of drug-likeness (QED) is 0.777. The lowest BCUT2D eigenvalue weighted by Gasteiger charge is -2.16. The average molecular weight is 261 g/mol. The van der Waals surface area contributed by atoms with Gasteiger partial charge in [-0.3, -0.25) is 9.00 Å². The van der Waals surface area contributed by atoms with Crippen molar-refractivity contribution < 1.29 is 13.6 Å². The Kier molecular flexibility index (Phi) is 4.46. The summed E-state index contributed by atoms with van der Waals surface area (Å²) < 4.78 is 21.7. The minimum atomic E-state index is -2.44. The normalized spacial score (nSPS) is 12.2. The lowest BCUT2D eigenvalue weighted by atomic mass is 10.2. The van der Waals surface area contributed by atoms with Gasteiger partial charge in [0.1, 0.15) is 0 Å². The molecule has 1 amide bonds. The molecule has 0 saturated carbocycles. The van der Waals surface area contributed by atoms with E-state index in [1.807, 2.05) is 6.92 Å². The molecule has 1 rings (SSSR count). The van der Waals surface area contributed by atoms with Gasteiger partial charge < -0.3 is 9.45 Å². The summed E-state index contributed by atoms with van der Waals surface area (Å²) in [6.45, 7) is 2.39. The minimum absolute atomic E-state index is 0.0583. The van der Waals surface area contributed by atoms with E-state index >= 15 is 0 Å². The predicted octanol–water partition coefficient (Wildman–Crippen LogP) is 1.67. The summed E-state index contributed by atoms with van der Waals surface area (Å²) in [5.74, 6) is -0.231. The van der Waals surface area contributed by atoms with E-state index < -0.39 is 11.1 Å². The van der Waals surface area contributed by atoms with Crippen molar-refractivity contribution in [3.05, 3.63) is 28.8 Å². The van der Waals surface area contributed by atoms with Crippen LogP contribution in [0, 0.1) is 0 Å². The first-order chi connectivity index (χ1) is 7.47. The third-order valence-corrected chi connectivity index (χ3v) is 3.32. The van der Waals surface area contributed by atoms with E-state index in [0.29, 0.717) is 12.1 Å². The van der Waals surface area contributed by atoms with Crippen LogP contribution in [0.5, 0.6) is 0 Å². The van der Waals surface area contributed by atoms with Gasteiger partial charge in [0.2, 0.25) is 0 Å². The van der Waals surface area contributed by atoms with Gasteiger partial charge in [-0.2, -0.15) is 0 Å². The first-order valence-electron chi connectivity index (χ1n) is 4.61. The molecule has 0 spiro atoms. The molecule has 0 aromatic heterocycles. The Morgan fingerprint density at radius 2 is 2.19 bits per heavy atom. The van der Waals surface area contributed by atoms with E-state index in [1.54, 1.807) is 7.05 Å². The summed E-state index contributed by atoms with van der Waals surface area (Å²) >= 11 is 3.26. The molecule has 6 heteroatoms. The van der Waals surface area contributed by atoms with E-state index in [-0.39, 0.29) is 15.8 Å². The van der Waals surface area contributed by atoms with Gasteiger partial charge in [-0.25, -0.2) is 0 Å².